The van der Waals surface area contributed by atoms with Crippen LogP contribution >= 0.6 is 0 Å². The maximum absolute atomic E-state index is 12.5. The van der Waals surface area contributed by atoms with Crippen LogP contribution in [0.3, 0.4) is 0 Å². The van der Waals surface area contributed by atoms with Crippen LogP contribution in [0.15, 0.2) is 36.4 Å². The number of ether oxygens (including phenoxy) is 3. The maximum Gasteiger partial charge on any atom is 0.387 e. The molecular formula is C19H22F2N2O4. The summed E-state index contributed by atoms with van der Waals surface area (Å²) >= 11 is 0. The van der Waals surface area contributed by atoms with Gasteiger partial charge in [0, 0.05) is 17.3 Å². The SMILES string of the molecule is COc1ccc(NC(=O)NC(C)c2cc(C)ccc2OC)cc1OC(F)F. The van der Waals surface area contributed by atoms with Crippen molar-refractivity contribution in [3.63, 3.8) is 0 Å². The molecule has 1 atom stereocenters. The number of nitrogens with one attached hydrogen (secondary N) is 2. The van der Waals surface area contributed by atoms with Gasteiger partial charge in [-0.3, -0.25) is 0 Å². The fourth-order valence-electron chi connectivity index (χ4n) is 2.58. The summed E-state index contributed by atoms with van der Waals surface area (Å²) in [5, 5.41) is 5.37. The number of hydrogen-bond acceptors (Lipinski definition) is 4. The van der Waals surface area contributed by atoms with E-state index < -0.39 is 12.6 Å². The molecule has 2 aromatic carbocycles. The number of hydrogen-bond donors (Lipinski definition) is 2. The molecule has 0 spiro atoms. The third-order valence-electron chi connectivity index (χ3n) is 3.84. The smallest absolute Gasteiger partial charge is 0.387 e. The third-order valence-corrected chi connectivity index (χ3v) is 3.84. The van der Waals surface area contributed by atoms with Gasteiger partial charge in [0.15, 0.2) is 11.5 Å². The normalized spacial score (nSPS) is 11.7. The van der Waals surface area contributed by atoms with Crippen molar-refractivity contribution in [2.75, 3.05) is 19.5 Å². The monoisotopic (exact) mass is 380 g/mol. The highest BCUT2D eigenvalue weighted by Crippen LogP contribution is 2.31. The molecule has 0 saturated heterocycles. The lowest BCUT2D eigenvalue weighted by molar-refractivity contribution is -0.0511. The summed E-state index contributed by atoms with van der Waals surface area (Å²) in [4.78, 5) is 12.3. The first kappa shape index (κ1) is 20.3. The first-order valence-corrected chi connectivity index (χ1v) is 8.19. The van der Waals surface area contributed by atoms with Crippen LogP contribution in [0.25, 0.3) is 0 Å². The Balaban J connectivity index is 2.10. The fraction of sp³-hybridized carbons (Fsp3) is 0.316. The molecule has 2 N–H and O–H groups in total. The summed E-state index contributed by atoms with van der Waals surface area (Å²) in [6, 6.07) is 9.05. The van der Waals surface area contributed by atoms with E-state index >= 15 is 0 Å². The lowest BCUT2D eigenvalue weighted by Crippen LogP contribution is -2.31. The van der Waals surface area contributed by atoms with Gasteiger partial charge in [-0.25, -0.2) is 4.79 Å². The predicted octanol–water partition coefficient (Wildman–Crippen LogP) is 4.50. The van der Waals surface area contributed by atoms with Crippen molar-refractivity contribution < 1.29 is 27.8 Å². The molecule has 2 aromatic rings. The van der Waals surface area contributed by atoms with E-state index in [9.17, 15) is 13.6 Å². The number of anilines is 1. The van der Waals surface area contributed by atoms with E-state index in [1.807, 2.05) is 32.0 Å². The Bertz CT molecular complexity index is 799. The molecule has 0 radical (unpaired) electrons. The Morgan fingerprint density at radius 3 is 2.30 bits per heavy atom. The van der Waals surface area contributed by atoms with Gasteiger partial charge in [-0.1, -0.05) is 17.7 Å². The van der Waals surface area contributed by atoms with Gasteiger partial charge in [-0.05, 0) is 32.0 Å². The van der Waals surface area contributed by atoms with Crippen molar-refractivity contribution in [3.8, 4) is 17.2 Å². The molecule has 6 nitrogen and oxygen atoms in total. The van der Waals surface area contributed by atoms with Crippen molar-refractivity contribution in [1.29, 1.82) is 0 Å². The number of aryl methyl sites for hydroxylation is 1. The third kappa shape index (κ3) is 5.47. The molecule has 146 valence electrons. The fourth-order valence-corrected chi connectivity index (χ4v) is 2.58. The average Bonchev–Trinajstić information content (AvgIpc) is 2.61. The molecule has 0 aliphatic heterocycles. The Morgan fingerprint density at radius 1 is 1.00 bits per heavy atom. The molecule has 0 bridgehead atoms. The number of rotatable bonds is 7. The second-order valence-electron chi connectivity index (χ2n) is 5.81. The van der Waals surface area contributed by atoms with Crippen molar-refractivity contribution in [1.82, 2.24) is 5.32 Å². The molecule has 0 aliphatic carbocycles. The maximum atomic E-state index is 12.5. The first-order valence-electron chi connectivity index (χ1n) is 8.19. The van der Waals surface area contributed by atoms with Crippen LogP contribution in [0.4, 0.5) is 19.3 Å². The quantitative estimate of drug-likeness (QED) is 0.742. The average molecular weight is 380 g/mol. The standard InChI is InChI=1S/C19H22F2N2O4/c1-11-5-7-15(25-3)14(9-11)12(2)22-19(24)23-13-6-8-16(26-4)17(10-13)27-18(20)21/h5-10,12,18H,1-4H3,(H2,22,23,24). The van der Waals surface area contributed by atoms with Gasteiger partial charge >= 0.3 is 12.6 Å². The summed E-state index contributed by atoms with van der Waals surface area (Å²) in [6.07, 6.45) is 0. The number of amides is 2. The molecule has 1 unspecified atom stereocenters. The Kier molecular flexibility index (Phi) is 6.81. The number of carbonyl (C=O) groups excluding carboxylic acids is 1. The summed E-state index contributed by atoms with van der Waals surface area (Å²) in [6.45, 7) is 0.755. The lowest BCUT2D eigenvalue weighted by Gasteiger charge is -2.19. The molecule has 0 aromatic heterocycles. The number of urea groups is 1. The molecule has 0 aliphatic rings. The zero-order chi connectivity index (χ0) is 20.0. The van der Waals surface area contributed by atoms with E-state index in [1.54, 1.807) is 7.11 Å². The minimum atomic E-state index is -3.00. The van der Waals surface area contributed by atoms with E-state index in [0.29, 0.717) is 5.75 Å². The highest BCUT2D eigenvalue weighted by Gasteiger charge is 2.16. The van der Waals surface area contributed by atoms with E-state index in [0.717, 1.165) is 11.1 Å². The van der Waals surface area contributed by atoms with Crippen LogP contribution in [-0.4, -0.2) is 26.9 Å². The largest absolute Gasteiger partial charge is 0.496 e. The van der Waals surface area contributed by atoms with E-state index in [2.05, 4.69) is 15.4 Å². The molecule has 0 fully saturated rings. The minimum Gasteiger partial charge on any atom is -0.496 e. The van der Waals surface area contributed by atoms with Crippen LogP contribution in [0.2, 0.25) is 0 Å². The summed E-state index contributed by atoms with van der Waals surface area (Å²) in [7, 11) is 2.90. The summed E-state index contributed by atoms with van der Waals surface area (Å²) in [5.74, 6) is 0.628. The highest BCUT2D eigenvalue weighted by molar-refractivity contribution is 5.90. The highest BCUT2D eigenvalue weighted by atomic mass is 19.3. The van der Waals surface area contributed by atoms with Crippen LogP contribution in [-0.2, 0) is 0 Å². The number of benzene rings is 2. The molecular weight excluding hydrogens is 358 g/mol. The van der Waals surface area contributed by atoms with Crippen LogP contribution in [0.1, 0.15) is 24.1 Å². The number of methoxy groups -OCH3 is 2. The molecule has 2 rings (SSSR count). The van der Waals surface area contributed by atoms with Crippen LogP contribution in [0, 0.1) is 6.92 Å². The predicted molar refractivity (Wildman–Crippen MR) is 97.9 cm³/mol. The van der Waals surface area contributed by atoms with Crippen molar-refractivity contribution in [3.05, 3.63) is 47.5 Å². The zero-order valence-electron chi connectivity index (χ0n) is 15.5. The summed E-state index contributed by atoms with van der Waals surface area (Å²) in [5.41, 5.74) is 2.14. The summed E-state index contributed by atoms with van der Waals surface area (Å²) < 4.78 is 39.7. The zero-order valence-corrected chi connectivity index (χ0v) is 15.5. The Hall–Kier alpha value is -3.03. The van der Waals surface area contributed by atoms with Gasteiger partial charge in [-0.15, -0.1) is 0 Å². The van der Waals surface area contributed by atoms with Gasteiger partial charge in [0.2, 0.25) is 0 Å². The second-order valence-corrected chi connectivity index (χ2v) is 5.81. The Labute approximate surface area is 156 Å². The Morgan fingerprint density at radius 2 is 1.67 bits per heavy atom. The van der Waals surface area contributed by atoms with Crippen molar-refractivity contribution >= 4 is 11.7 Å². The van der Waals surface area contributed by atoms with Gasteiger partial charge in [0.05, 0.1) is 20.3 Å². The second kappa shape index (κ2) is 9.07. The first-order chi connectivity index (χ1) is 12.8. The molecule has 27 heavy (non-hydrogen) atoms. The van der Waals surface area contributed by atoms with E-state index in [-0.39, 0.29) is 23.2 Å². The number of carbonyl (C=O) groups is 1. The minimum absolute atomic E-state index is 0.138. The molecule has 8 heteroatoms. The number of alkyl halides is 2. The van der Waals surface area contributed by atoms with Crippen molar-refractivity contribution in [2.45, 2.75) is 26.5 Å². The lowest BCUT2D eigenvalue weighted by atomic mass is 10.0. The molecule has 2 amide bonds. The van der Waals surface area contributed by atoms with Crippen molar-refractivity contribution in [2.24, 2.45) is 0 Å². The topological polar surface area (TPSA) is 68.8 Å². The van der Waals surface area contributed by atoms with Gasteiger partial charge in [0.1, 0.15) is 5.75 Å². The molecule has 0 heterocycles. The van der Waals surface area contributed by atoms with Crippen LogP contribution in [0.5, 0.6) is 17.2 Å². The number of halogens is 2. The van der Waals surface area contributed by atoms with E-state index in [4.69, 9.17) is 9.47 Å². The van der Waals surface area contributed by atoms with E-state index in [1.165, 1.54) is 25.3 Å². The van der Waals surface area contributed by atoms with Gasteiger partial charge in [-0.2, -0.15) is 8.78 Å². The van der Waals surface area contributed by atoms with Crippen LogP contribution < -0.4 is 24.8 Å². The molecule has 0 saturated carbocycles. The van der Waals surface area contributed by atoms with Gasteiger partial charge in [0.25, 0.3) is 0 Å². The van der Waals surface area contributed by atoms with Gasteiger partial charge < -0.3 is 24.8 Å².